The van der Waals surface area contributed by atoms with Crippen LogP contribution in [0.25, 0.3) is 0 Å². The van der Waals surface area contributed by atoms with Gasteiger partial charge in [0.15, 0.2) is 17.3 Å². The Kier molecular flexibility index (Phi) is 4.21. The second-order valence-corrected chi connectivity index (χ2v) is 5.53. The lowest BCUT2D eigenvalue weighted by Gasteiger charge is -2.11. The van der Waals surface area contributed by atoms with Crippen molar-refractivity contribution in [2.45, 2.75) is 13.3 Å². The van der Waals surface area contributed by atoms with Crippen LogP contribution in [0, 0.1) is 0 Å². The first-order valence-corrected chi connectivity index (χ1v) is 7.40. The van der Waals surface area contributed by atoms with Crippen LogP contribution < -0.4 is 14.8 Å². The highest BCUT2D eigenvalue weighted by atomic mass is 35.5. The molecule has 0 aromatic heterocycles. The molecule has 2 aromatic carbocycles. The highest BCUT2D eigenvalue weighted by Gasteiger charge is 2.20. The van der Waals surface area contributed by atoms with Gasteiger partial charge in [-0.05, 0) is 24.6 Å². The minimum Gasteiger partial charge on any atom is -0.454 e. The third-order valence-electron chi connectivity index (χ3n) is 3.47. The molecule has 0 spiro atoms. The summed E-state index contributed by atoms with van der Waals surface area (Å²) >= 11 is 6.06. The van der Waals surface area contributed by atoms with E-state index in [2.05, 4.69) is 5.32 Å². The minimum atomic E-state index is -0.264. The summed E-state index contributed by atoms with van der Waals surface area (Å²) in [5, 5.41) is 3.27. The first kappa shape index (κ1) is 15.4. The van der Waals surface area contributed by atoms with Crippen molar-refractivity contribution in [1.82, 2.24) is 0 Å². The molecule has 0 atom stereocenters. The van der Waals surface area contributed by atoms with E-state index in [1.54, 1.807) is 30.3 Å². The molecule has 0 fully saturated rings. The van der Waals surface area contributed by atoms with Crippen LogP contribution in [0.15, 0.2) is 36.4 Å². The Labute approximate surface area is 138 Å². The van der Waals surface area contributed by atoms with Gasteiger partial charge in [-0.3, -0.25) is 9.59 Å². The number of benzene rings is 2. The van der Waals surface area contributed by atoms with E-state index in [4.69, 9.17) is 21.1 Å². The molecule has 3 rings (SSSR count). The number of amides is 1. The standard InChI is InChI=1S/C17H14ClNO4/c1-10(20)12-7-15-16(23-9-22-15)8-14(12)19-17(21)6-11-4-2-3-5-13(11)18/h2-5,7-8H,6,9H2,1H3,(H,19,21). The van der Waals surface area contributed by atoms with Crippen molar-refractivity contribution < 1.29 is 19.1 Å². The molecule has 0 saturated carbocycles. The Morgan fingerprint density at radius 2 is 1.87 bits per heavy atom. The molecule has 1 heterocycles. The Balaban J connectivity index is 1.83. The zero-order valence-electron chi connectivity index (χ0n) is 12.4. The van der Waals surface area contributed by atoms with Gasteiger partial charge in [0.1, 0.15) is 0 Å². The maximum absolute atomic E-state index is 12.3. The number of carbonyl (C=O) groups excluding carboxylic acids is 2. The Morgan fingerprint density at radius 1 is 1.17 bits per heavy atom. The van der Waals surface area contributed by atoms with Crippen LogP contribution in [-0.2, 0) is 11.2 Å². The van der Waals surface area contributed by atoms with E-state index in [1.807, 2.05) is 6.07 Å². The minimum absolute atomic E-state index is 0.101. The lowest BCUT2D eigenvalue weighted by Crippen LogP contribution is -2.16. The van der Waals surface area contributed by atoms with E-state index in [1.165, 1.54) is 6.92 Å². The lowest BCUT2D eigenvalue weighted by molar-refractivity contribution is -0.115. The van der Waals surface area contributed by atoms with Crippen molar-refractivity contribution in [3.8, 4) is 11.5 Å². The summed E-state index contributed by atoms with van der Waals surface area (Å²) < 4.78 is 10.5. The van der Waals surface area contributed by atoms with E-state index >= 15 is 0 Å². The van der Waals surface area contributed by atoms with E-state index in [9.17, 15) is 9.59 Å². The molecule has 1 aliphatic rings. The van der Waals surface area contributed by atoms with E-state index in [-0.39, 0.29) is 24.9 Å². The largest absolute Gasteiger partial charge is 0.454 e. The molecular weight excluding hydrogens is 318 g/mol. The molecule has 0 bridgehead atoms. The lowest BCUT2D eigenvalue weighted by atomic mass is 10.1. The molecule has 0 radical (unpaired) electrons. The predicted octanol–water partition coefficient (Wildman–Crippen LogP) is 3.45. The normalized spacial score (nSPS) is 12.1. The van der Waals surface area contributed by atoms with Gasteiger partial charge in [0.2, 0.25) is 12.7 Å². The van der Waals surface area contributed by atoms with Gasteiger partial charge in [-0.15, -0.1) is 0 Å². The van der Waals surface area contributed by atoms with E-state index < -0.39 is 0 Å². The number of Topliss-reactive ketones (excluding diaryl/α,β-unsaturated/α-hetero) is 1. The van der Waals surface area contributed by atoms with Gasteiger partial charge in [0, 0.05) is 16.7 Å². The molecular formula is C17H14ClNO4. The smallest absolute Gasteiger partial charge is 0.231 e. The molecule has 0 saturated heterocycles. The van der Waals surface area contributed by atoms with Gasteiger partial charge in [-0.25, -0.2) is 0 Å². The van der Waals surface area contributed by atoms with Crippen molar-refractivity contribution in [2.75, 3.05) is 12.1 Å². The number of nitrogens with one attached hydrogen (secondary N) is 1. The van der Waals surface area contributed by atoms with Gasteiger partial charge in [-0.1, -0.05) is 29.8 Å². The van der Waals surface area contributed by atoms with Gasteiger partial charge < -0.3 is 14.8 Å². The summed E-state index contributed by atoms with van der Waals surface area (Å²) in [5.74, 6) is 0.568. The summed E-state index contributed by atoms with van der Waals surface area (Å²) in [6.45, 7) is 1.53. The average molecular weight is 332 g/mol. The van der Waals surface area contributed by atoms with Crippen LogP contribution in [-0.4, -0.2) is 18.5 Å². The zero-order chi connectivity index (χ0) is 16.4. The van der Waals surface area contributed by atoms with Gasteiger partial charge >= 0.3 is 0 Å². The monoisotopic (exact) mass is 331 g/mol. The fourth-order valence-corrected chi connectivity index (χ4v) is 2.55. The fraction of sp³-hybridized carbons (Fsp3) is 0.176. The topological polar surface area (TPSA) is 64.6 Å². The fourth-order valence-electron chi connectivity index (χ4n) is 2.35. The van der Waals surface area contributed by atoms with Gasteiger partial charge in [0.25, 0.3) is 0 Å². The summed E-state index contributed by atoms with van der Waals surface area (Å²) in [6, 6.07) is 10.3. The number of ether oxygens (including phenoxy) is 2. The van der Waals surface area contributed by atoms with Crippen LogP contribution >= 0.6 is 11.6 Å². The number of rotatable bonds is 4. The average Bonchev–Trinajstić information content (AvgIpc) is 2.96. The molecule has 0 aliphatic carbocycles. The Hall–Kier alpha value is -2.53. The summed E-state index contributed by atoms with van der Waals surface area (Å²) in [5.41, 5.74) is 1.50. The molecule has 1 aliphatic heterocycles. The second-order valence-electron chi connectivity index (χ2n) is 5.12. The van der Waals surface area contributed by atoms with Gasteiger partial charge in [0.05, 0.1) is 12.1 Å². The van der Waals surface area contributed by atoms with E-state index in [0.29, 0.717) is 27.8 Å². The molecule has 1 amide bonds. The molecule has 0 unspecified atom stereocenters. The third-order valence-corrected chi connectivity index (χ3v) is 3.84. The number of carbonyl (C=O) groups is 2. The molecule has 1 N–H and O–H groups in total. The van der Waals surface area contributed by atoms with Crippen molar-refractivity contribution in [2.24, 2.45) is 0 Å². The van der Waals surface area contributed by atoms with Gasteiger partial charge in [-0.2, -0.15) is 0 Å². The van der Waals surface area contributed by atoms with Crippen molar-refractivity contribution in [3.05, 3.63) is 52.5 Å². The molecule has 2 aromatic rings. The highest BCUT2D eigenvalue weighted by molar-refractivity contribution is 6.31. The first-order chi connectivity index (χ1) is 11.0. The number of fused-ring (bicyclic) bond motifs is 1. The second kappa shape index (κ2) is 6.30. The number of halogens is 1. The van der Waals surface area contributed by atoms with Crippen LogP contribution in [0.5, 0.6) is 11.5 Å². The number of ketones is 1. The number of hydrogen-bond acceptors (Lipinski definition) is 4. The zero-order valence-corrected chi connectivity index (χ0v) is 13.1. The number of anilines is 1. The highest BCUT2D eigenvalue weighted by Crippen LogP contribution is 2.37. The molecule has 118 valence electrons. The quantitative estimate of drug-likeness (QED) is 0.871. The maximum atomic E-state index is 12.3. The van der Waals surface area contributed by atoms with Crippen molar-refractivity contribution >= 4 is 29.0 Å². The van der Waals surface area contributed by atoms with Crippen LogP contribution in [0.2, 0.25) is 5.02 Å². The maximum Gasteiger partial charge on any atom is 0.231 e. The molecule has 23 heavy (non-hydrogen) atoms. The summed E-state index contributed by atoms with van der Waals surface area (Å²) in [6.07, 6.45) is 0.117. The summed E-state index contributed by atoms with van der Waals surface area (Å²) in [7, 11) is 0. The van der Waals surface area contributed by atoms with E-state index in [0.717, 1.165) is 5.56 Å². The van der Waals surface area contributed by atoms with Crippen LogP contribution in [0.1, 0.15) is 22.8 Å². The first-order valence-electron chi connectivity index (χ1n) is 7.02. The predicted molar refractivity (Wildman–Crippen MR) is 86.4 cm³/mol. The summed E-state index contributed by atoms with van der Waals surface area (Å²) in [4.78, 5) is 24.0. The molecule has 5 nitrogen and oxygen atoms in total. The van der Waals surface area contributed by atoms with Crippen LogP contribution in [0.4, 0.5) is 5.69 Å². The van der Waals surface area contributed by atoms with Crippen LogP contribution in [0.3, 0.4) is 0 Å². The number of hydrogen-bond donors (Lipinski definition) is 1. The Morgan fingerprint density at radius 3 is 2.57 bits per heavy atom. The van der Waals surface area contributed by atoms with Crippen molar-refractivity contribution in [1.29, 1.82) is 0 Å². The SMILES string of the molecule is CC(=O)c1cc2c(cc1NC(=O)Cc1ccccc1Cl)OCO2. The third kappa shape index (κ3) is 3.29. The molecule has 6 heteroatoms. The Bertz CT molecular complexity index is 788. The van der Waals surface area contributed by atoms with Crippen molar-refractivity contribution in [3.63, 3.8) is 0 Å².